The maximum absolute atomic E-state index is 11.3. The van der Waals surface area contributed by atoms with Crippen molar-refractivity contribution in [3.05, 3.63) is 21.7 Å². The fraction of sp³-hybridized carbons (Fsp3) is 0.600. The fourth-order valence-electron chi connectivity index (χ4n) is 1.36. The van der Waals surface area contributed by atoms with Crippen molar-refractivity contribution in [2.24, 2.45) is 0 Å². The molecule has 5 heteroatoms. The van der Waals surface area contributed by atoms with Gasteiger partial charge in [0.25, 0.3) is 5.56 Å². The van der Waals surface area contributed by atoms with Gasteiger partial charge in [0.2, 0.25) is 0 Å². The Kier molecular flexibility index (Phi) is 4.62. The highest BCUT2D eigenvalue weighted by Crippen LogP contribution is 2.18. The van der Waals surface area contributed by atoms with E-state index in [2.05, 4.69) is 16.9 Å². The number of rotatable bonds is 5. The molecular formula is C10H16ClN3O. The highest BCUT2D eigenvalue weighted by molar-refractivity contribution is 6.32. The van der Waals surface area contributed by atoms with Crippen LogP contribution in [0, 0.1) is 0 Å². The fourth-order valence-corrected chi connectivity index (χ4v) is 1.58. The van der Waals surface area contributed by atoms with E-state index in [-0.39, 0.29) is 10.6 Å². The van der Waals surface area contributed by atoms with E-state index in [4.69, 9.17) is 11.6 Å². The minimum absolute atomic E-state index is 0.176. The Bertz CT molecular complexity index is 364. The SMILES string of the molecule is CCCCN(CC)c1nc[nH]c(=O)c1Cl. The molecule has 0 aliphatic carbocycles. The van der Waals surface area contributed by atoms with Crippen LogP contribution in [-0.4, -0.2) is 23.1 Å². The Balaban J connectivity index is 2.91. The number of aromatic amines is 1. The maximum atomic E-state index is 11.3. The second-order valence-electron chi connectivity index (χ2n) is 3.30. The van der Waals surface area contributed by atoms with Crippen LogP contribution in [0.15, 0.2) is 11.1 Å². The highest BCUT2D eigenvalue weighted by Gasteiger charge is 2.11. The molecule has 0 saturated heterocycles. The van der Waals surface area contributed by atoms with Gasteiger partial charge in [-0.05, 0) is 13.3 Å². The summed E-state index contributed by atoms with van der Waals surface area (Å²) in [7, 11) is 0. The summed E-state index contributed by atoms with van der Waals surface area (Å²) in [6.45, 7) is 5.83. The summed E-state index contributed by atoms with van der Waals surface area (Å²) in [5, 5.41) is 0.176. The van der Waals surface area contributed by atoms with Crippen LogP contribution in [0.4, 0.5) is 5.82 Å². The van der Waals surface area contributed by atoms with Gasteiger partial charge in [-0.2, -0.15) is 0 Å². The molecule has 0 bridgehead atoms. The topological polar surface area (TPSA) is 49.0 Å². The zero-order chi connectivity index (χ0) is 11.3. The van der Waals surface area contributed by atoms with Crippen LogP contribution in [0.5, 0.6) is 0 Å². The molecule has 0 unspecified atom stereocenters. The molecule has 4 nitrogen and oxygen atoms in total. The van der Waals surface area contributed by atoms with Gasteiger partial charge in [-0.25, -0.2) is 4.98 Å². The number of nitrogens with one attached hydrogen (secondary N) is 1. The van der Waals surface area contributed by atoms with Gasteiger partial charge in [-0.3, -0.25) is 4.79 Å². The van der Waals surface area contributed by atoms with E-state index in [9.17, 15) is 4.79 Å². The molecule has 0 aliphatic heterocycles. The molecule has 15 heavy (non-hydrogen) atoms. The Labute approximate surface area is 94.3 Å². The van der Waals surface area contributed by atoms with Crippen LogP contribution in [0.1, 0.15) is 26.7 Å². The number of unbranched alkanes of at least 4 members (excludes halogenated alkanes) is 1. The molecule has 0 spiro atoms. The van der Waals surface area contributed by atoms with Crippen LogP contribution in [-0.2, 0) is 0 Å². The summed E-state index contributed by atoms with van der Waals surface area (Å²) >= 11 is 5.90. The zero-order valence-electron chi connectivity index (χ0n) is 9.09. The molecule has 0 aromatic carbocycles. The lowest BCUT2D eigenvalue weighted by Gasteiger charge is -2.21. The van der Waals surface area contributed by atoms with Crippen LogP contribution in [0.25, 0.3) is 0 Å². The number of hydrogen-bond acceptors (Lipinski definition) is 3. The smallest absolute Gasteiger partial charge is 0.271 e. The third kappa shape index (κ3) is 2.96. The van der Waals surface area contributed by atoms with Crippen molar-refractivity contribution in [3.63, 3.8) is 0 Å². The van der Waals surface area contributed by atoms with Gasteiger partial charge in [0.15, 0.2) is 5.82 Å². The van der Waals surface area contributed by atoms with E-state index in [1.807, 2.05) is 11.8 Å². The summed E-state index contributed by atoms with van der Waals surface area (Å²) < 4.78 is 0. The first-order chi connectivity index (χ1) is 7.20. The highest BCUT2D eigenvalue weighted by atomic mass is 35.5. The molecule has 1 aromatic rings. The second kappa shape index (κ2) is 5.75. The van der Waals surface area contributed by atoms with E-state index in [1.54, 1.807) is 0 Å². The predicted octanol–water partition coefficient (Wildman–Crippen LogP) is 2.05. The number of H-pyrrole nitrogens is 1. The average Bonchev–Trinajstić information content (AvgIpc) is 2.25. The second-order valence-corrected chi connectivity index (χ2v) is 3.68. The van der Waals surface area contributed by atoms with Crippen molar-refractivity contribution in [1.29, 1.82) is 0 Å². The van der Waals surface area contributed by atoms with Crippen molar-refractivity contribution in [3.8, 4) is 0 Å². The van der Waals surface area contributed by atoms with E-state index < -0.39 is 0 Å². The van der Waals surface area contributed by atoms with Crippen molar-refractivity contribution >= 4 is 17.4 Å². The van der Waals surface area contributed by atoms with Gasteiger partial charge in [0.1, 0.15) is 5.02 Å². The quantitative estimate of drug-likeness (QED) is 0.841. The van der Waals surface area contributed by atoms with Crippen LogP contribution < -0.4 is 10.5 Å². The van der Waals surface area contributed by atoms with Gasteiger partial charge < -0.3 is 9.88 Å². The molecule has 0 radical (unpaired) electrons. The maximum Gasteiger partial charge on any atom is 0.271 e. The molecular weight excluding hydrogens is 214 g/mol. The lowest BCUT2D eigenvalue weighted by atomic mass is 10.3. The van der Waals surface area contributed by atoms with Crippen LogP contribution in [0.3, 0.4) is 0 Å². The Hall–Kier alpha value is -1.03. The minimum Gasteiger partial charge on any atom is -0.355 e. The third-order valence-electron chi connectivity index (χ3n) is 2.24. The lowest BCUT2D eigenvalue weighted by Crippen LogP contribution is -2.27. The summed E-state index contributed by atoms with van der Waals surface area (Å²) in [6, 6.07) is 0. The largest absolute Gasteiger partial charge is 0.355 e. The molecule has 0 aliphatic rings. The first kappa shape index (κ1) is 12.0. The van der Waals surface area contributed by atoms with Gasteiger partial charge in [0, 0.05) is 13.1 Å². The molecule has 1 aromatic heterocycles. The Morgan fingerprint density at radius 3 is 2.87 bits per heavy atom. The van der Waals surface area contributed by atoms with E-state index in [1.165, 1.54) is 6.33 Å². The zero-order valence-corrected chi connectivity index (χ0v) is 9.84. The minimum atomic E-state index is -0.281. The van der Waals surface area contributed by atoms with Crippen molar-refractivity contribution in [2.45, 2.75) is 26.7 Å². The molecule has 84 valence electrons. The van der Waals surface area contributed by atoms with Gasteiger partial charge in [-0.15, -0.1) is 0 Å². The first-order valence-corrected chi connectivity index (χ1v) is 5.56. The summed E-state index contributed by atoms with van der Waals surface area (Å²) in [6.07, 6.45) is 3.56. The summed E-state index contributed by atoms with van der Waals surface area (Å²) in [5.41, 5.74) is -0.281. The Morgan fingerprint density at radius 2 is 2.27 bits per heavy atom. The van der Waals surface area contributed by atoms with Gasteiger partial charge in [0.05, 0.1) is 6.33 Å². The molecule has 0 amide bonds. The summed E-state index contributed by atoms with van der Waals surface area (Å²) in [4.78, 5) is 19.8. The molecule has 0 saturated carbocycles. The normalized spacial score (nSPS) is 10.3. The van der Waals surface area contributed by atoms with Crippen LogP contribution in [0.2, 0.25) is 5.02 Å². The number of hydrogen-bond donors (Lipinski definition) is 1. The Morgan fingerprint density at radius 1 is 1.53 bits per heavy atom. The van der Waals surface area contributed by atoms with Crippen molar-refractivity contribution in [1.82, 2.24) is 9.97 Å². The van der Waals surface area contributed by atoms with Gasteiger partial charge >= 0.3 is 0 Å². The van der Waals surface area contributed by atoms with Crippen molar-refractivity contribution in [2.75, 3.05) is 18.0 Å². The third-order valence-corrected chi connectivity index (χ3v) is 2.58. The monoisotopic (exact) mass is 229 g/mol. The number of halogens is 1. The molecule has 1 heterocycles. The molecule has 0 fully saturated rings. The number of anilines is 1. The molecule has 1 N–H and O–H groups in total. The standard InChI is InChI=1S/C10H16ClN3O/c1-3-5-6-14(4-2)9-8(11)10(15)13-7-12-9/h7H,3-6H2,1-2H3,(H,12,13,15). The van der Waals surface area contributed by atoms with Crippen LogP contribution >= 0.6 is 11.6 Å². The predicted molar refractivity (Wildman–Crippen MR) is 62.7 cm³/mol. The first-order valence-electron chi connectivity index (χ1n) is 5.18. The van der Waals surface area contributed by atoms with E-state index in [0.29, 0.717) is 5.82 Å². The van der Waals surface area contributed by atoms with E-state index in [0.717, 1.165) is 25.9 Å². The average molecular weight is 230 g/mol. The van der Waals surface area contributed by atoms with E-state index >= 15 is 0 Å². The summed E-state index contributed by atoms with van der Waals surface area (Å²) in [5.74, 6) is 0.580. The lowest BCUT2D eigenvalue weighted by molar-refractivity contribution is 0.722. The number of nitrogens with zero attached hydrogens (tertiary/aromatic N) is 2. The molecule has 0 atom stereocenters. The number of aromatic nitrogens is 2. The van der Waals surface area contributed by atoms with Gasteiger partial charge in [-0.1, -0.05) is 24.9 Å². The molecule has 1 rings (SSSR count). The van der Waals surface area contributed by atoms with Crippen molar-refractivity contribution < 1.29 is 0 Å².